The number of aromatic nitrogens is 4. The molecule has 0 saturated heterocycles. The summed E-state index contributed by atoms with van der Waals surface area (Å²) in [4.78, 5) is 4.46. The van der Waals surface area contributed by atoms with Gasteiger partial charge in [0.05, 0.1) is 6.04 Å². The molecule has 2 aromatic heterocycles. The molecule has 0 radical (unpaired) electrons. The molecule has 1 fully saturated rings. The van der Waals surface area contributed by atoms with E-state index in [-0.39, 0.29) is 6.04 Å². The van der Waals surface area contributed by atoms with Gasteiger partial charge >= 0.3 is 0 Å². The SMILES string of the molecule is CCc1ccc(C(C)Nc2nccn3c(C4CC4)nnc23)cc1. The topological polar surface area (TPSA) is 55.1 Å². The summed E-state index contributed by atoms with van der Waals surface area (Å²) in [6.45, 7) is 4.31. The summed E-state index contributed by atoms with van der Waals surface area (Å²) in [5.74, 6) is 2.42. The molecule has 5 nitrogen and oxygen atoms in total. The third-order valence-electron chi connectivity index (χ3n) is 4.54. The average molecular weight is 307 g/mol. The molecule has 4 rings (SSSR count). The van der Waals surface area contributed by atoms with E-state index in [1.807, 2.05) is 12.4 Å². The lowest BCUT2D eigenvalue weighted by Gasteiger charge is -2.15. The lowest BCUT2D eigenvalue weighted by atomic mass is 10.1. The zero-order valence-corrected chi connectivity index (χ0v) is 13.5. The third kappa shape index (κ3) is 2.67. The molecule has 0 amide bonds. The van der Waals surface area contributed by atoms with Crippen molar-refractivity contribution in [2.24, 2.45) is 0 Å². The molecule has 0 bridgehead atoms. The molecule has 1 unspecified atom stereocenters. The molecule has 1 saturated carbocycles. The second kappa shape index (κ2) is 5.65. The lowest BCUT2D eigenvalue weighted by Crippen LogP contribution is -2.09. The molecule has 118 valence electrons. The van der Waals surface area contributed by atoms with Crippen LogP contribution in [0.5, 0.6) is 0 Å². The van der Waals surface area contributed by atoms with Crippen molar-refractivity contribution in [1.82, 2.24) is 19.6 Å². The molecular formula is C18H21N5. The zero-order valence-electron chi connectivity index (χ0n) is 13.5. The van der Waals surface area contributed by atoms with E-state index in [2.05, 4.69) is 63.0 Å². The maximum Gasteiger partial charge on any atom is 0.203 e. The summed E-state index contributed by atoms with van der Waals surface area (Å²) in [6, 6.07) is 8.89. The molecule has 2 heterocycles. The van der Waals surface area contributed by atoms with Gasteiger partial charge in [0.1, 0.15) is 5.82 Å². The number of nitrogens with zero attached hydrogens (tertiary/aromatic N) is 4. The molecule has 1 aliphatic rings. The second-order valence-corrected chi connectivity index (χ2v) is 6.26. The molecular weight excluding hydrogens is 286 g/mol. The van der Waals surface area contributed by atoms with Gasteiger partial charge in [0.2, 0.25) is 5.65 Å². The highest BCUT2D eigenvalue weighted by molar-refractivity contribution is 5.63. The van der Waals surface area contributed by atoms with Crippen molar-refractivity contribution in [3.8, 4) is 0 Å². The molecule has 3 aromatic rings. The number of benzene rings is 1. The van der Waals surface area contributed by atoms with Crippen molar-refractivity contribution in [3.05, 3.63) is 53.6 Å². The minimum Gasteiger partial charge on any atom is -0.360 e. The fourth-order valence-corrected chi connectivity index (χ4v) is 2.90. The van der Waals surface area contributed by atoms with Gasteiger partial charge in [0.25, 0.3) is 0 Å². The van der Waals surface area contributed by atoms with E-state index in [1.165, 1.54) is 24.0 Å². The Bertz CT molecular complexity index is 817. The van der Waals surface area contributed by atoms with E-state index in [9.17, 15) is 0 Å². The minimum absolute atomic E-state index is 0.167. The van der Waals surface area contributed by atoms with Crippen molar-refractivity contribution in [3.63, 3.8) is 0 Å². The summed E-state index contributed by atoms with van der Waals surface area (Å²) < 4.78 is 2.07. The van der Waals surface area contributed by atoms with Crippen LogP contribution in [-0.4, -0.2) is 19.6 Å². The van der Waals surface area contributed by atoms with Crippen molar-refractivity contribution in [2.45, 2.75) is 45.1 Å². The van der Waals surface area contributed by atoms with Gasteiger partial charge in [-0.1, -0.05) is 31.2 Å². The van der Waals surface area contributed by atoms with E-state index in [0.717, 1.165) is 23.7 Å². The number of hydrogen-bond acceptors (Lipinski definition) is 4. The van der Waals surface area contributed by atoms with Crippen LogP contribution < -0.4 is 5.32 Å². The minimum atomic E-state index is 0.167. The van der Waals surface area contributed by atoms with Crippen molar-refractivity contribution in [2.75, 3.05) is 5.32 Å². The Morgan fingerprint density at radius 3 is 2.70 bits per heavy atom. The van der Waals surface area contributed by atoms with Crippen molar-refractivity contribution >= 4 is 11.5 Å². The monoisotopic (exact) mass is 307 g/mol. The molecule has 1 aliphatic carbocycles. The van der Waals surface area contributed by atoms with E-state index in [0.29, 0.717) is 5.92 Å². The number of fused-ring (bicyclic) bond motifs is 1. The quantitative estimate of drug-likeness (QED) is 0.780. The number of hydrogen-bond donors (Lipinski definition) is 1. The lowest BCUT2D eigenvalue weighted by molar-refractivity contribution is 0.866. The van der Waals surface area contributed by atoms with Gasteiger partial charge < -0.3 is 5.32 Å². The highest BCUT2D eigenvalue weighted by Gasteiger charge is 2.29. The summed E-state index contributed by atoms with van der Waals surface area (Å²) in [5, 5.41) is 12.2. The van der Waals surface area contributed by atoms with Gasteiger partial charge in [0, 0.05) is 18.3 Å². The largest absolute Gasteiger partial charge is 0.360 e. The van der Waals surface area contributed by atoms with Crippen LogP contribution in [0.15, 0.2) is 36.7 Å². The molecule has 0 aliphatic heterocycles. The second-order valence-electron chi connectivity index (χ2n) is 6.26. The van der Waals surface area contributed by atoms with E-state index < -0.39 is 0 Å². The maximum atomic E-state index is 4.46. The summed E-state index contributed by atoms with van der Waals surface area (Å²) >= 11 is 0. The zero-order chi connectivity index (χ0) is 15.8. The highest BCUT2D eigenvalue weighted by atomic mass is 15.3. The Kier molecular flexibility index (Phi) is 3.48. The fraction of sp³-hybridized carbons (Fsp3) is 0.389. The Morgan fingerprint density at radius 1 is 1.22 bits per heavy atom. The van der Waals surface area contributed by atoms with Crippen LogP contribution in [0.1, 0.15) is 55.6 Å². The highest BCUT2D eigenvalue weighted by Crippen LogP contribution is 2.39. The third-order valence-corrected chi connectivity index (χ3v) is 4.54. The molecule has 0 spiro atoms. The first-order valence-electron chi connectivity index (χ1n) is 8.31. The van der Waals surface area contributed by atoms with E-state index in [1.54, 1.807) is 0 Å². The smallest absolute Gasteiger partial charge is 0.203 e. The van der Waals surface area contributed by atoms with Gasteiger partial charge in [-0.15, -0.1) is 10.2 Å². The van der Waals surface area contributed by atoms with Crippen LogP contribution in [-0.2, 0) is 6.42 Å². The number of rotatable bonds is 5. The first-order chi connectivity index (χ1) is 11.3. The van der Waals surface area contributed by atoms with Gasteiger partial charge in [-0.3, -0.25) is 4.40 Å². The van der Waals surface area contributed by atoms with Crippen LogP contribution in [0.25, 0.3) is 5.65 Å². The summed E-state index contributed by atoms with van der Waals surface area (Å²) in [7, 11) is 0. The molecule has 5 heteroatoms. The Morgan fingerprint density at radius 2 is 2.00 bits per heavy atom. The number of nitrogens with one attached hydrogen (secondary N) is 1. The van der Waals surface area contributed by atoms with Gasteiger partial charge in [0.15, 0.2) is 5.82 Å². The van der Waals surface area contributed by atoms with Gasteiger partial charge in [-0.05, 0) is 37.3 Å². The predicted molar refractivity (Wildman–Crippen MR) is 90.6 cm³/mol. The summed E-state index contributed by atoms with van der Waals surface area (Å²) in [5.41, 5.74) is 3.41. The van der Waals surface area contributed by atoms with Gasteiger partial charge in [-0.2, -0.15) is 0 Å². The van der Waals surface area contributed by atoms with Crippen LogP contribution in [0.4, 0.5) is 5.82 Å². The van der Waals surface area contributed by atoms with E-state index >= 15 is 0 Å². The Labute approximate surface area is 135 Å². The standard InChI is InChI=1S/C18H21N5/c1-3-13-4-6-14(7-5-13)12(2)20-16-18-22-21-17(15-8-9-15)23(18)11-10-19-16/h4-7,10-12,15H,3,8-9H2,1-2H3,(H,19,20). The predicted octanol–water partition coefficient (Wildman–Crippen LogP) is 3.74. The van der Waals surface area contributed by atoms with Crippen molar-refractivity contribution in [1.29, 1.82) is 0 Å². The van der Waals surface area contributed by atoms with Crippen LogP contribution >= 0.6 is 0 Å². The molecule has 23 heavy (non-hydrogen) atoms. The van der Waals surface area contributed by atoms with Crippen LogP contribution in [0.3, 0.4) is 0 Å². The Hall–Kier alpha value is -2.43. The molecule has 1 atom stereocenters. The van der Waals surface area contributed by atoms with Gasteiger partial charge in [-0.25, -0.2) is 4.98 Å². The average Bonchev–Trinajstić information content (AvgIpc) is 3.34. The number of anilines is 1. The normalized spacial score (nSPS) is 15.7. The first kappa shape index (κ1) is 14.2. The fourth-order valence-electron chi connectivity index (χ4n) is 2.90. The summed E-state index contributed by atoms with van der Waals surface area (Å²) in [6.07, 6.45) is 7.26. The van der Waals surface area contributed by atoms with Crippen LogP contribution in [0, 0.1) is 0 Å². The van der Waals surface area contributed by atoms with Crippen molar-refractivity contribution < 1.29 is 0 Å². The van der Waals surface area contributed by atoms with E-state index in [4.69, 9.17) is 0 Å². The maximum absolute atomic E-state index is 4.46. The van der Waals surface area contributed by atoms with Crippen LogP contribution in [0.2, 0.25) is 0 Å². The molecule has 1 N–H and O–H groups in total. The molecule has 1 aromatic carbocycles. The number of aryl methyl sites for hydroxylation is 1. The first-order valence-corrected chi connectivity index (χ1v) is 8.31. The Balaban J connectivity index is 1.61.